The van der Waals surface area contributed by atoms with Crippen LogP contribution in [0.3, 0.4) is 0 Å². The maximum atomic E-state index is 5.41. The SMILES string of the molecule is COCCOCCCCNCC1CC=CCC1. The number of hydrogen-bond acceptors (Lipinski definition) is 3. The van der Waals surface area contributed by atoms with Gasteiger partial charge < -0.3 is 14.8 Å². The highest BCUT2D eigenvalue weighted by Gasteiger charge is 2.08. The Kier molecular flexibility index (Phi) is 9.29. The van der Waals surface area contributed by atoms with Crippen molar-refractivity contribution in [3.8, 4) is 0 Å². The molecule has 0 fully saturated rings. The van der Waals surface area contributed by atoms with Gasteiger partial charge in [-0.2, -0.15) is 0 Å². The number of allylic oxidation sites excluding steroid dienone is 2. The first kappa shape index (κ1) is 14.7. The predicted molar refractivity (Wildman–Crippen MR) is 71.3 cm³/mol. The molecule has 3 nitrogen and oxygen atoms in total. The van der Waals surface area contributed by atoms with Crippen LogP contribution in [-0.2, 0) is 9.47 Å². The molecule has 0 saturated heterocycles. The number of unbranched alkanes of at least 4 members (excludes halogenated alkanes) is 1. The molecule has 1 aliphatic rings. The van der Waals surface area contributed by atoms with Crippen molar-refractivity contribution in [3.05, 3.63) is 12.2 Å². The van der Waals surface area contributed by atoms with E-state index in [4.69, 9.17) is 9.47 Å². The summed E-state index contributed by atoms with van der Waals surface area (Å²) in [4.78, 5) is 0. The Morgan fingerprint density at radius 2 is 2.12 bits per heavy atom. The zero-order valence-corrected chi connectivity index (χ0v) is 11.1. The second-order valence-corrected chi connectivity index (χ2v) is 4.67. The summed E-state index contributed by atoms with van der Waals surface area (Å²) in [5.74, 6) is 0.859. The standard InChI is InChI=1S/C14H27NO2/c1-16-11-12-17-10-6-5-9-15-13-14-7-3-2-4-8-14/h2-3,14-15H,4-13H2,1H3. The van der Waals surface area contributed by atoms with Crippen LogP contribution in [0.2, 0.25) is 0 Å². The van der Waals surface area contributed by atoms with Crippen molar-refractivity contribution in [2.24, 2.45) is 5.92 Å². The molecule has 1 N–H and O–H groups in total. The molecule has 3 heteroatoms. The van der Waals surface area contributed by atoms with Gasteiger partial charge in [-0.25, -0.2) is 0 Å². The van der Waals surface area contributed by atoms with E-state index in [2.05, 4.69) is 17.5 Å². The van der Waals surface area contributed by atoms with E-state index in [1.165, 1.54) is 32.2 Å². The molecule has 0 amide bonds. The van der Waals surface area contributed by atoms with Gasteiger partial charge in [0.2, 0.25) is 0 Å². The van der Waals surface area contributed by atoms with E-state index in [1.807, 2.05) is 0 Å². The molecule has 0 heterocycles. The maximum Gasteiger partial charge on any atom is 0.0700 e. The van der Waals surface area contributed by atoms with E-state index in [-0.39, 0.29) is 0 Å². The summed E-state index contributed by atoms with van der Waals surface area (Å²) in [5, 5.41) is 3.54. The lowest BCUT2D eigenvalue weighted by molar-refractivity contribution is 0.0688. The molecule has 0 aliphatic heterocycles. The van der Waals surface area contributed by atoms with Crippen molar-refractivity contribution in [1.82, 2.24) is 5.32 Å². The third kappa shape index (κ3) is 8.36. The molecule has 1 aliphatic carbocycles. The van der Waals surface area contributed by atoms with Gasteiger partial charge in [0.25, 0.3) is 0 Å². The van der Waals surface area contributed by atoms with E-state index in [0.717, 1.165) is 32.1 Å². The zero-order valence-electron chi connectivity index (χ0n) is 11.1. The minimum Gasteiger partial charge on any atom is -0.382 e. The third-order valence-corrected chi connectivity index (χ3v) is 3.13. The molecule has 1 rings (SSSR count). The van der Waals surface area contributed by atoms with Crippen LogP contribution in [-0.4, -0.2) is 40.0 Å². The van der Waals surface area contributed by atoms with Crippen molar-refractivity contribution in [2.45, 2.75) is 32.1 Å². The van der Waals surface area contributed by atoms with Gasteiger partial charge in [-0.1, -0.05) is 12.2 Å². The fourth-order valence-corrected chi connectivity index (χ4v) is 2.05. The van der Waals surface area contributed by atoms with Crippen LogP contribution in [0.15, 0.2) is 12.2 Å². The van der Waals surface area contributed by atoms with E-state index in [0.29, 0.717) is 6.61 Å². The van der Waals surface area contributed by atoms with E-state index in [9.17, 15) is 0 Å². The van der Waals surface area contributed by atoms with Gasteiger partial charge in [0.15, 0.2) is 0 Å². The maximum absolute atomic E-state index is 5.41. The second-order valence-electron chi connectivity index (χ2n) is 4.67. The molecule has 1 unspecified atom stereocenters. The molecule has 0 saturated carbocycles. The highest BCUT2D eigenvalue weighted by Crippen LogP contribution is 2.16. The van der Waals surface area contributed by atoms with Crippen LogP contribution in [0.25, 0.3) is 0 Å². The highest BCUT2D eigenvalue weighted by atomic mass is 16.5. The second kappa shape index (κ2) is 10.8. The summed E-state index contributed by atoms with van der Waals surface area (Å²) >= 11 is 0. The van der Waals surface area contributed by atoms with Crippen LogP contribution in [0.5, 0.6) is 0 Å². The molecule has 0 bridgehead atoms. The molecular weight excluding hydrogens is 214 g/mol. The Morgan fingerprint density at radius 1 is 1.18 bits per heavy atom. The molecular formula is C14H27NO2. The predicted octanol–water partition coefficient (Wildman–Crippen LogP) is 2.38. The quantitative estimate of drug-likeness (QED) is 0.470. The molecule has 100 valence electrons. The fourth-order valence-electron chi connectivity index (χ4n) is 2.05. The van der Waals surface area contributed by atoms with Crippen molar-refractivity contribution in [3.63, 3.8) is 0 Å². The van der Waals surface area contributed by atoms with Crippen molar-refractivity contribution in [2.75, 3.05) is 40.0 Å². The lowest BCUT2D eigenvalue weighted by atomic mass is 9.94. The fraction of sp³-hybridized carbons (Fsp3) is 0.857. The molecule has 1 atom stereocenters. The Labute approximate surface area is 106 Å². The van der Waals surface area contributed by atoms with Crippen molar-refractivity contribution in [1.29, 1.82) is 0 Å². The third-order valence-electron chi connectivity index (χ3n) is 3.13. The van der Waals surface area contributed by atoms with Crippen LogP contribution < -0.4 is 5.32 Å². The Bertz CT molecular complexity index is 195. The summed E-state index contributed by atoms with van der Waals surface area (Å²) in [6, 6.07) is 0. The van der Waals surface area contributed by atoms with Gasteiger partial charge in [0.05, 0.1) is 13.2 Å². The number of ether oxygens (including phenoxy) is 2. The summed E-state index contributed by atoms with van der Waals surface area (Å²) in [6.45, 7) is 4.58. The van der Waals surface area contributed by atoms with Gasteiger partial charge in [0, 0.05) is 13.7 Å². The van der Waals surface area contributed by atoms with E-state index in [1.54, 1.807) is 7.11 Å². The number of nitrogens with one attached hydrogen (secondary N) is 1. The number of methoxy groups -OCH3 is 1. The average molecular weight is 241 g/mol. The lowest BCUT2D eigenvalue weighted by Gasteiger charge is -2.18. The zero-order chi connectivity index (χ0) is 12.2. The number of rotatable bonds is 10. The Morgan fingerprint density at radius 3 is 2.88 bits per heavy atom. The van der Waals surface area contributed by atoms with E-state index < -0.39 is 0 Å². The highest BCUT2D eigenvalue weighted by molar-refractivity contribution is 4.90. The molecule has 0 aromatic rings. The Balaban J connectivity index is 1.76. The smallest absolute Gasteiger partial charge is 0.0700 e. The van der Waals surface area contributed by atoms with Gasteiger partial charge >= 0.3 is 0 Å². The summed E-state index contributed by atoms with van der Waals surface area (Å²) in [6.07, 6.45) is 10.8. The first-order valence-electron chi connectivity index (χ1n) is 6.86. The van der Waals surface area contributed by atoms with Crippen LogP contribution in [0, 0.1) is 5.92 Å². The monoisotopic (exact) mass is 241 g/mol. The normalized spacial score (nSPS) is 19.7. The van der Waals surface area contributed by atoms with Crippen molar-refractivity contribution >= 4 is 0 Å². The Hall–Kier alpha value is -0.380. The number of hydrogen-bond donors (Lipinski definition) is 1. The largest absolute Gasteiger partial charge is 0.382 e. The first-order valence-corrected chi connectivity index (χ1v) is 6.86. The minimum atomic E-state index is 0.702. The van der Waals surface area contributed by atoms with Crippen LogP contribution >= 0.6 is 0 Å². The van der Waals surface area contributed by atoms with Crippen LogP contribution in [0.4, 0.5) is 0 Å². The molecule has 17 heavy (non-hydrogen) atoms. The summed E-state index contributed by atoms with van der Waals surface area (Å²) in [5.41, 5.74) is 0. The van der Waals surface area contributed by atoms with Gasteiger partial charge in [-0.15, -0.1) is 0 Å². The lowest BCUT2D eigenvalue weighted by Crippen LogP contribution is -2.24. The van der Waals surface area contributed by atoms with Gasteiger partial charge in [0.1, 0.15) is 0 Å². The summed E-state index contributed by atoms with van der Waals surface area (Å²) < 4.78 is 10.3. The molecule has 0 radical (unpaired) electrons. The van der Waals surface area contributed by atoms with Crippen LogP contribution in [0.1, 0.15) is 32.1 Å². The average Bonchev–Trinajstić information content (AvgIpc) is 2.38. The minimum absolute atomic E-state index is 0.702. The van der Waals surface area contributed by atoms with Gasteiger partial charge in [-0.05, 0) is 51.1 Å². The molecule has 0 spiro atoms. The topological polar surface area (TPSA) is 30.5 Å². The van der Waals surface area contributed by atoms with Crippen molar-refractivity contribution < 1.29 is 9.47 Å². The summed E-state index contributed by atoms with van der Waals surface area (Å²) in [7, 11) is 1.70. The van der Waals surface area contributed by atoms with Gasteiger partial charge in [-0.3, -0.25) is 0 Å². The molecule has 0 aromatic carbocycles. The first-order chi connectivity index (χ1) is 8.43. The molecule has 0 aromatic heterocycles. The van der Waals surface area contributed by atoms with E-state index >= 15 is 0 Å².